The SMILES string of the molecule is CC(=O)CCC(C)=CCCC(C)=CCOP(=O)(O)OP(=O)(O)O. The number of carbonyl (C=O) groups is 1. The van der Waals surface area contributed by atoms with Crippen LogP contribution >= 0.6 is 15.6 Å². The van der Waals surface area contributed by atoms with E-state index in [0.29, 0.717) is 12.8 Å². The lowest BCUT2D eigenvalue weighted by Crippen LogP contribution is -1.94. The van der Waals surface area contributed by atoms with E-state index in [-0.39, 0.29) is 12.4 Å². The molecule has 0 saturated heterocycles. The van der Waals surface area contributed by atoms with E-state index < -0.39 is 15.6 Å². The lowest BCUT2D eigenvalue weighted by molar-refractivity contribution is -0.116. The molecular formula is C13H24O8P2. The molecule has 0 spiro atoms. The predicted octanol–water partition coefficient (Wildman–Crippen LogP) is 3.25. The van der Waals surface area contributed by atoms with Gasteiger partial charge in [0.1, 0.15) is 5.78 Å². The Balaban J connectivity index is 4.18. The Morgan fingerprint density at radius 2 is 1.52 bits per heavy atom. The monoisotopic (exact) mass is 370 g/mol. The van der Waals surface area contributed by atoms with Crippen molar-refractivity contribution in [3.63, 3.8) is 0 Å². The van der Waals surface area contributed by atoms with Crippen molar-refractivity contribution in [1.82, 2.24) is 0 Å². The first-order valence-electron chi connectivity index (χ1n) is 6.96. The standard InChI is InChI=1S/C13H24O8P2/c1-11(7-8-13(3)14)5-4-6-12(2)9-10-20-23(18,19)21-22(15,16)17/h5,9H,4,6-8,10H2,1-3H3,(H,18,19)(H2,15,16,17). The third-order valence-electron chi connectivity index (χ3n) is 2.78. The molecule has 0 aliphatic carbocycles. The Morgan fingerprint density at radius 3 is 2.04 bits per heavy atom. The van der Waals surface area contributed by atoms with Crippen molar-refractivity contribution in [2.45, 2.75) is 46.5 Å². The number of hydrogen-bond acceptors (Lipinski definition) is 5. The van der Waals surface area contributed by atoms with E-state index in [0.717, 1.165) is 24.0 Å². The molecule has 0 saturated carbocycles. The van der Waals surface area contributed by atoms with Crippen molar-refractivity contribution in [2.75, 3.05) is 6.61 Å². The fourth-order valence-electron chi connectivity index (χ4n) is 1.56. The van der Waals surface area contributed by atoms with Gasteiger partial charge >= 0.3 is 15.6 Å². The van der Waals surface area contributed by atoms with Crippen LogP contribution in [0.25, 0.3) is 0 Å². The first kappa shape index (κ1) is 22.4. The largest absolute Gasteiger partial charge is 0.481 e. The molecule has 1 atom stereocenters. The average Bonchev–Trinajstić information content (AvgIpc) is 2.33. The van der Waals surface area contributed by atoms with E-state index in [9.17, 15) is 13.9 Å². The van der Waals surface area contributed by atoms with E-state index in [2.05, 4.69) is 8.83 Å². The topological polar surface area (TPSA) is 130 Å². The molecule has 0 aromatic heterocycles. The van der Waals surface area contributed by atoms with Crippen molar-refractivity contribution < 1.29 is 37.4 Å². The zero-order valence-electron chi connectivity index (χ0n) is 13.5. The molecule has 0 aliphatic rings. The highest BCUT2D eigenvalue weighted by atomic mass is 31.3. The molecule has 8 nitrogen and oxygen atoms in total. The predicted molar refractivity (Wildman–Crippen MR) is 85.6 cm³/mol. The first-order valence-corrected chi connectivity index (χ1v) is 9.99. The van der Waals surface area contributed by atoms with Crippen molar-refractivity contribution >= 4 is 21.4 Å². The molecule has 134 valence electrons. The van der Waals surface area contributed by atoms with E-state index in [4.69, 9.17) is 14.7 Å². The minimum Gasteiger partial charge on any atom is -0.302 e. The van der Waals surface area contributed by atoms with Gasteiger partial charge in [0.2, 0.25) is 0 Å². The smallest absolute Gasteiger partial charge is 0.302 e. The molecule has 3 N–H and O–H groups in total. The van der Waals surface area contributed by atoms with Crippen molar-refractivity contribution in [3.8, 4) is 0 Å². The van der Waals surface area contributed by atoms with Crippen LogP contribution in [-0.4, -0.2) is 27.1 Å². The Bertz CT molecular complexity index is 546. The van der Waals surface area contributed by atoms with Crippen LogP contribution in [0.5, 0.6) is 0 Å². The second-order valence-corrected chi connectivity index (χ2v) is 8.01. The van der Waals surface area contributed by atoms with Gasteiger partial charge in [-0.25, -0.2) is 9.13 Å². The Hall–Kier alpha value is -0.590. The van der Waals surface area contributed by atoms with Crippen LogP contribution in [-0.2, 0) is 22.8 Å². The van der Waals surface area contributed by atoms with Crippen LogP contribution in [0.4, 0.5) is 0 Å². The van der Waals surface area contributed by atoms with Gasteiger partial charge in [-0.05, 0) is 40.0 Å². The summed E-state index contributed by atoms with van der Waals surface area (Å²) in [5.41, 5.74) is 2.01. The number of rotatable bonds is 11. The second kappa shape index (κ2) is 10.3. The van der Waals surface area contributed by atoms with Gasteiger partial charge in [0.25, 0.3) is 0 Å². The molecule has 0 fully saturated rings. The zero-order chi connectivity index (χ0) is 18.1. The van der Waals surface area contributed by atoms with E-state index in [1.165, 1.54) is 6.08 Å². The van der Waals surface area contributed by atoms with Gasteiger partial charge < -0.3 is 19.5 Å². The molecule has 0 rings (SSSR count). The summed E-state index contributed by atoms with van der Waals surface area (Å²) in [5, 5.41) is 0. The van der Waals surface area contributed by atoms with Gasteiger partial charge in [-0.1, -0.05) is 23.3 Å². The molecule has 0 heterocycles. The van der Waals surface area contributed by atoms with Gasteiger partial charge in [-0.3, -0.25) is 4.52 Å². The summed E-state index contributed by atoms with van der Waals surface area (Å²) in [6, 6.07) is 0. The molecule has 0 amide bonds. The minimum atomic E-state index is -5.08. The highest BCUT2D eigenvalue weighted by molar-refractivity contribution is 7.60. The lowest BCUT2D eigenvalue weighted by Gasteiger charge is -2.11. The molecule has 0 radical (unpaired) electrons. The maximum absolute atomic E-state index is 11.2. The summed E-state index contributed by atoms with van der Waals surface area (Å²) < 4.78 is 29.7. The Labute approximate surface area is 136 Å². The van der Waals surface area contributed by atoms with Crippen LogP contribution in [0.15, 0.2) is 23.3 Å². The summed E-state index contributed by atoms with van der Waals surface area (Å²) in [7, 11) is -9.87. The van der Waals surface area contributed by atoms with Gasteiger partial charge in [-0.2, -0.15) is 4.31 Å². The number of phosphoric acid groups is 2. The Kier molecular flexibility index (Phi) is 10.0. The van der Waals surface area contributed by atoms with Crippen LogP contribution in [0, 0.1) is 0 Å². The van der Waals surface area contributed by atoms with Crippen LogP contribution in [0.3, 0.4) is 0 Å². The highest BCUT2D eigenvalue weighted by Crippen LogP contribution is 2.57. The number of carbonyl (C=O) groups excluding carboxylic acids is 1. The number of ketones is 1. The van der Waals surface area contributed by atoms with E-state index in [1.54, 1.807) is 13.8 Å². The summed E-state index contributed by atoms with van der Waals surface area (Å²) in [6.07, 6.45) is 6.25. The van der Waals surface area contributed by atoms with Gasteiger partial charge in [0, 0.05) is 6.42 Å². The third kappa shape index (κ3) is 14.7. The second-order valence-electron chi connectivity index (χ2n) is 5.18. The minimum absolute atomic E-state index is 0.150. The van der Waals surface area contributed by atoms with E-state index in [1.807, 2.05) is 13.0 Å². The van der Waals surface area contributed by atoms with Crippen LogP contribution in [0.2, 0.25) is 0 Å². The summed E-state index contributed by atoms with van der Waals surface area (Å²) in [4.78, 5) is 36.8. The fraction of sp³-hybridized carbons (Fsp3) is 0.615. The number of allylic oxidation sites excluding steroid dienone is 3. The van der Waals surface area contributed by atoms with Crippen molar-refractivity contribution in [2.24, 2.45) is 0 Å². The molecule has 1 unspecified atom stereocenters. The Morgan fingerprint density at radius 1 is 0.957 bits per heavy atom. The van der Waals surface area contributed by atoms with Crippen molar-refractivity contribution in [3.05, 3.63) is 23.3 Å². The van der Waals surface area contributed by atoms with Gasteiger partial charge in [-0.15, -0.1) is 0 Å². The highest BCUT2D eigenvalue weighted by Gasteiger charge is 2.31. The maximum atomic E-state index is 11.2. The molecule has 0 aliphatic heterocycles. The number of hydrogen-bond donors (Lipinski definition) is 3. The maximum Gasteiger partial charge on any atom is 0.481 e. The number of phosphoric ester groups is 1. The van der Waals surface area contributed by atoms with Gasteiger partial charge in [0.15, 0.2) is 0 Å². The molecule has 0 bridgehead atoms. The molecule has 23 heavy (non-hydrogen) atoms. The molecule has 10 heteroatoms. The third-order valence-corrected chi connectivity index (χ3v) is 4.93. The molecule has 0 aromatic rings. The van der Waals surface area contributed by atoms with E-state index >= 15 is 0 Å². The fourth-order valence-corrected chi connectivity index (χ4v) is 3.08. The van der Waals surface area contributed by atoms with Crippen LogP contribution < -0.4 is 0 Å². The summed E-state index contributed by atoms with van der Waals surface area (Å²) >= 11 is 0. The lowest BCUT2D eigenvalue weighted by atomic mass is 10.1. The summed E-state index contributed by atoms with van der Waals surface area (Å²) in [6.45, 7) is 5.00. The molecule has 0 aromatic carbocycles. The van der Waals surface area contributed by atoms with Gasteiger partial charge in [0.05, 0.1) is 6.61 Å². The first-order chi connectivity index (χ1) is 10.4. The summed E-state index contributed by atoms with van der Waals surface area (Å²) in [5.74, 6) is 0.150. The zero-order valence-corrected chi connectivity index (χ0v) is 15.3. The van der Waals surface area contributed by atoms with Crippen LogP contribution in [0.1, 0.15) is 46.5 Å². The average molecular weight is 370 g/mol. The normalized spacial score (nSPS) is 16.3. The number of Topliss-reactive ketones (excluding diaryl/α,β-unsaturated/α-hetero) is 1. The van der Waals surface area contributed by atoms with Crippen molar-refractivity contribution in [1.29, 1.82) is 0 Å². The quantitative estimate of drug-likeness (QED) is 0.373. The molecular weight excluding hydrogens is 346 g/mol.